The summed E-state index contributed by atoms with van der Waals surface area (Å²) in [6.45, 7) is 7.36. The van der Waals surface area contributed by atoms with Gasteiger partial charge < -0.3 is 10.6 Å². The summed E-state index contributed by atoms with van der Waals surface area (Å²) in [5.74, 6) is 0.639. The van der Waals surface area contributed by atoms with Gasteiger partial charge in [-0.2, -0.15) is 5.10 Å². The highest BCUT2D eigenvalue weighted by Gasteiger charge is 2.32. The fourth-order valence-electron chi connectivity index (χ4n) is 3.73. The van der Waals surface area contributed by atoms with Crippen molar-refractivity contribution in [3.63, 3.8) is 0 Å². The van der Waals surface area contributed by atoms with Gasteiger partial charge >= 0.3 is 0 Å². The van der Waals surface area contributed by atoms with Crippen molar-refractivity contribution < 1.29 is 0 Å². The largest absolute Gasteiger partial charge is 0.324 e. The lowest BCUT2D eigenvalue weighted by Gasteiger charge is -2.41. The summed E-state index contributed by atoms with van der Waals surface area (Å²) in [7, 11) is 6.41. The van der Waals surface area contributed by atoms with Crippen LogP contribution in [0.25, 0.3) is 0 Å². The van der Waals surface area contributed by atoms with Crippen LogP contribution in [0.3, 0.4) is 0 Å². The van der Waals surface area contributed by atoms with Crippen LogP contribution in [-0.2, 0) is 7.05 Å². The minimum absolute atomic E-state index is 0.140. The third-order valence-corrected chi connectivity index (χ3v) is 4.30. The summed E-state index contributed by atoms with van der Waals surface area (Å²) in [6, 6.07) is 0.468. The number of likely N-dealkylation sites (tertiary alicyclic amines) is 1. The zero-order chi connectivity index (χ0) is 15.6. The number of likely N-dealkylation sites (N-methyl/N-ethyl adjacent to an activating group) is 1. The Bertz CT molecular complexity index is 448. The first-order chi connectivity index (χ1) is 9.76. The van der Waals surface area contributed by atoms with Crippen LogP contribution in [0.1, 0.15) is 38.3 Å². The second-order valence-corrected chi connectivity index (χ2v) is 7.46. The Hall–Kier alpha value is -0.910. The maximum atomic E-state index is 6.15. The molecule has 0 amide bonds. The van der Waals surface area contributed by atoms with Crippen LogP contribution < -0.4 is 5.73 Å². The smallest absolute Gasteiger partial charge is 0.0537 e. The molecule has 1 saturated heterocycles. The van der Waals surface area contributed by atoms with Crippen molar-refractivity contribution in [1.82, 2.24) is 19.6 Å². The van der Waals surface area contributed by atoms with E-state index in [-0.39, 0.29) is 5.54 Å². The molecule has 1 fully saturated rings. The molecule has 5 heteroatoms. The van der Waals surface area contributed by atoms with Crippen molar-refractivity contribution in [3.8, 4) is 0 Å². The summed E-state index contributed by atoms with van der Waals surface area (Å²) >= 11 is 0. The van der Waals surface area contributed by atoms with Gasteiger partial charge in [0.25, 0.3) is 0 Å². The van der Waals surface area contributed by atoms with Crippen LogP contribution in [0.4, 0.5) is 0 Å². The summed E-state index contributed by atoms with van der Waals surface area (Å²) in [5.41, 5.74) is 7.35. The van der Waals surface area contributed by atoms with Crippen molar-refractivity contribution in [1.29, 1.82) is 0 Å². The zero-order valence-corrected chi connectivity index (χ0v) is 14.2. The van der Waals surface area contributed by atoms with Gasteiger partial charge in [0.05, 0.1) is 6.20 Å². The minimum atomic E-state index is -0.140. The Labute approximate surface area is 129 Å². The number of nitrogens with two attached hydrogens (primary N) is 1. The molecule has 2 N–H and O–H groups in total. The van der Waals surface area contributed by atoms with E-state index in [2.05, 4.69) is 49.0 Å². The molecule has 0 aliphatic carbocycles. The summed E-state index contributed by atoms with van der Waals surface area (Å²) < 4.78 is 1.90. The number of rotatable bonds is 5. The summed E-state index contributed by atoms with van der Waals surface area (Å²) in [6.07, 6.45) is 6.73. The van der Waals surface area contributed by atoms with Crippen molar-refractivity contribution >= 4 is 0 Å². The van der Waals surface area contributed by atoms with Gasteiger partial charge in [-0.15, -0.1) is 0 Å². The van der Waals surface area contributed by atoms with Crippen molar-refractivity contribution in [2.24, 2.45) is 18.7 Å². The van der Waals surface area contributed by atoms with E-state index in [0.29, 0.717) is 12.0 Å². The second-order valence-electron chi connectivity index (χ2n) is 7.46. The Morgan fingerprint density at radius 1 is 1.43 bits per heavy atom. The first-order valence-electron chi connectivity index (χ1n) is 7.92. The van der Waals surface area contributed by atoms with Crippen LogP contribution in [0.5, 0.6) is 0 Å². The van der Waals surface area contributed by atoms with Gasteiger partial charge in [0.15, 0.2) is 0 Å². The van der Waals surface area contributed by atoms with E-state index in [1.165, 1.54) is 24.9 Å². The van der Waals surface area contributed by atoms with Gasteiger partial charge in [-0.1, -0.05) is 0 Å². The van der Waals surface area contributed by atoms with Gasteiger partial charge in [0, 0.05) is 43.5 Å². The number of aromatic nitrogens is 2. The average Bonchev–Trinajstić information content (AvgIpc) is 2.73. The molecule has 1 aromatic heterocycles. The molecule has 1 aliphatic rings. The fraction of sp³-hybridized carbons (Fsp3) is 0.812. The van der Waals surface area contributed by atoms with Crippen molar-refractivity contribution in [3.05, 3.63) is 18.0 Å². The highest BCUT2D eigenvalue weighted by Crippen LogP contribution is 2.35. The standard InChI is InChI=1S/C16H31N5/c1-16(2,17)12-19(3)10-13-7-6-8-20(4)15(13)14-9-18-21(5)11-14/h9,11,13,15H,6-8,10,12,17H2,1-5H3/t13-,15+/m0/s1. The van der Waals surface area contributed by atoms with Gasteiger partial charge in [0.1, 0.15) is 0 Å². The lowest BCUT2D eigenvalue weighted by atomic mass is 9.85. The van der Waals surface area contributed by atoms with E-state index in [0.717, 1.165) is 13.1 Å². The molecule has 2 heterocycles. The first kappa shape index (κ1) is 16.5. The molecule has 0 spiro atoms. The Morgan fingerprint density at radius 3 is 2.71 bits per heavy atom. The SMILES string of the molecule is CN(C[C@@H]1CCCN(C)[C@H]1c1cnn(C)c1)CC(C)(C)N. The lowest BCUT2D eigenvalue weighted by molar-refractivity contribution is 0.0895. The van der Waals surface area contributed by atoms with E-state index < -0.39 is 0 Å². The number of aryl methyl sites for hydroxylation is 1. The molecule has 0 aromatic carbocycles. The summed E-state index contributed by atoms with van der Waals surface area (Å²) in [5, 5.41) is 4.36. The number of hydrogen-bond donors (Lipinski definition) is 1. The van der Waals surface area contributed by atoms with Gasteiger partial charge in [-0.3, -0.25) is 9.58 Å². The van der Waals surface area contributed by atoms with E-state index in [1.54, 1.807) is 0 Å². The number of hydrogen-bond acceptors (Lipinski definition) is 4. The van der Waals surface area contributed by atoms with E-state index >= 15 is 0 Å². The highest BCUT2D eigenvalue weighted by molar-refractivity contribution is 5.13. The quantitative estimate of drug-likeness (QED) is 0.893. The van der Waals surface area contributed by atoms with Gasteiger partial charge in [-0.05, 0) is 53.2 Å². The minimum Gasteiger partial charge on any atom is -0.324 e. The monoisotopic (exact) mass is 293 g/mol. The average molecular weight is 293 g/mol. The molecular formula is C16H31N5. The van der Waals surface area contributed by atoms with Crippen LogP contribution in [0.2, 0.25) is 0 Å². The maximum Gasteiger partial charge on any atom is 0.0537 e. The molecule has 2 rings (SSSR count). The zero-order valence-electron chi connectivity index (χ0n) is 14.2. The third-order valence-electron chi connectivity index (χ3n) is 4.30. The predicted molar refractivity (Wildman–Crippen MR) is 87.1 cm³/mol. The van der Waals surface area contributed by atoms with E-state index in [1.807, 2.05) is 17.9 Å². The molecule has 1 aliphatic heterocycles. The topological polar surface area (TPSA) is 50.3 Å². The Balaban J connectivity index is 2.08. The first-order valence-corrected chi connectivity index (χ1v) is 7.92. The van der Waals surface area contributed by atoms with Crippen LogP contribution in [0.15, 0.2) is 12.4 Å². The van der Waals surface area contributed by atoms with E-state index in [4.69, 9.17) is 5.73 Å². The van der Waals surface area contributed by atoms with E-state index in [9.17, 15) is 0 Å². The third kappa shape index (κ3) is 4.53. The van der Waals surface area contributed by atoms with Gasteiger partial charge in [-0.25, -0.2) is 0 Å². The van der Waals surface area contributed by atoms with Crippen LogP contribution >= 0.6 is 0 Å². The Kier molecular flexibility index (Phi) is 5.07. The Morgan fingerprint density at radius 2 is 2.14 bits per heavy atom. The summed E-state index contributed by atoms with van der Waals surface area (Å²) in [4.78, 5) is 4.86. The van der Waals surface area contributed by atoms with Crippen molar-refractivity contribution in [2.45, 2.75) is 38.3 Å². The molecule has 120 valence electrons. The molecule has 5 nitrogen and oxygen atoms in total. The molecule has 0 unspecified atom stereocenters. The normalized spacial score (nSPS) is 24.7. The lowest BCUT2D eigenvalue weighted by Crippen LogP contribution is -2.47. The molecule has 0 saturated carbocycles. The fourth-order valence-corrected chi connectivity index (χ4v) is 3.73. The second kappa shape index (κ2) is 6.46. The van der Waals surface area contributed by atoms with Gasteiger partial charge in [0.2, 0.25) is 0 Å². The molecule has 0 radical (unpaired) electrons. The van der Waals surface area contributed by atoms with Crippen LogP contribution in [-0.4, -0.2) is 58.8 Å². The number of piperidine rings is 1. The maximum absolute atomic E-state index is 6.15. The molecular weight excluding hydrogens is 262 g/mol. The molecule has 1 aromatic rings. The number of nitrogens with zero attached hydrogens (tertiary/aromatic N) is 4. The molecule has 2 atom stereocenters. The predicted octanol–water partition coefficient (Wildman–Crippen LogP) is 1.47. The van der Waals surface area contributed by atoms with Crippen LogP contribution in [0, 0.1) is 5.92 Å². The molecule has 0 bridgehead atoms. The highest BCUT2D eigenvalue weighted by atomic mass is 15.3. The molecule has 21 heavy (non-hydrogen) atoms. The van der Waals surface area contributed by atoms with Crippen molar-refractivity contribution in [2.75, 3.05) is 33.7 Å².